The van der Waals surface area contributed by atoms with Gasteiger partial charge >= 0.3 is 0 Å². The van der Waals surface area contributed by atoms with Crippen LogP contribution in [0.1, 0.15) is 12.8 Å². The van der Waals surface area contributed by atoms with Crippen LogP contribution in [0.15, 0.2) is 0 Å². The molecular weight excluding hydrogens is 114 g/mol. The predicted molar refractivity (Wildman–Crippen MR) is 35.0 cm³/mol. The largest absolute Gasteiger partial charge is 0.381 e. The Morgan fingerprint density at radius 2 is 2.22 bits per heavy atom. The fraction of sp³-hybridized carbons (Fsp3) is 1.00. The molecule has 1 aliphatic carbocycles. The van der Waals surface area contributed by atoms with E-state index in [2.05, 4.69) is 0 Å². The molecule has 9 heavy (non-hydrogen) atoms. The molecule has 0 aromatic carbocycles. The van der Waals surface area contributed by atoms with Crippen molar-refractivity contribution in [1.82, 2.24) is 0 Å². The molecule has 2 aliphatic rings. The third-order valence-electron chi connectivity index (χ3n) is 2.46. The highest BCUT2D eigenvalue weighted by atomic mass is 16.5. The van der Waals surface area contributed by atoms with Gasteiger partial charge in [-0.25, -0.2) is 0 Å². The zero-order valence-electron chi connectivity index (χ0n) is 5.55. The molecule has 1 saturated heterocycles. The summed E-state index contributed by atoms with van der Waals surface area (Å²) in [6.45, 7) is 1.94. The molecule has 0 radical (unpaired) electrons. The Balaban J connectivity index is 1.85. The number of nitrogens with two attached hydrogens (primary N) is 1. The molecule has 0 unspecified atom stereocenters. The number of hydrogen-bond donors (Lipinski definition) is 1. The molecule has 2 nitrogen and oxygen atoms in total. The lowest BCUT2D eigenvalue weighted by Crippen LogP contribution is -2.10. The summed E-state index contributed by atoms with van der Waals surface area (Å²) in [5.74, 6) is 1.62. The van der Waals surface area contributed by atoms with Gasteiger partial charge in [0, 0.05) is 19.3 Å². The van der Waals surface area contributed by atoms with Crippen LogP contribution in [0, 0.1) is 11.8 Å². The summed E-state index contributed by atoms with van der Waals surface area (Å²) in [4.78, 5) is 0. The van der Waals surface area contributed by atoms with Gasteiger partial charge < -0.3 is 10.5 Å². The third-order valence-corrected chi connectivity index (χ3v) is 2.46. The molecule has 0 aromatic rings. The van der Waals surface area contributed by atoms with E-state index >= 15 is 0 Å². The van der Waals surface area contributed by atoms with Gasteiger partial charge in [-0.1, -0.05) is 0 Å². The molecule has 2 heteroatoms. The van der Waals surface area contributed by atoms with Crippen LogP contribution < -0.4 is 5.73 Å². The lowest BCUT2D eigenvalue weighted by atomic mass is 10.0. The molecule has 0 bridgehead atoms. The molecule has 2 rings (SSSR count). The molecule has 3 atom stereocenters. The van der Waals surface area contributed by atoms with Crippen LogP contribution in [0.4, 0.5) is 0 Å². The lowest BCUT2D eigenvalue weighted by Gasteiger charge is -2.02. The minimum atomic E-state index is 0.511. The van der Waals surface area contributed by atoms with E-state index in [4.69, 9.17) is 10.5 Å². The second kappa shape index (κ2) is 1.96. The average Bonchev–Trinajstić information content (AvgIpc) is 2.44. The van der Waals surface area contributed by atoms with Crippen LogP contribution in [0.2, 0.25) is 0 Å². The number of rotatable bonds is 1. The summed E-state index contributed by atoms with van der Waals surface area (Å²) in [6.07, 6.45) is 2.49. The minimum Gasteiger partial charge on any atom is -0.381 e. The van der Waals surface area contributed by atoms with E-state index in [9.17, 15) is 0 Å². The minimum absolute atomic E-state index is 0.511. The molecular formula is C7H13NO. The number of hydrogen-bond acceptors (Lipinski definition) is 2. The van der Waals surface area contributed by atoms with Crippen molar-refractivity contribution in [2.45, 2.75) is 18.9 Å². The topological polar surface area (TPSA) is 35.2 Å². The van der Waals surface area contributed by atoms with E-state index < -0.39 is 0 Å². The number of ether oxygens (including phenoxy) is 1. The van der Waals surface area contributed by atoms with Gasteiger partial charge in [-0.2, -0.15) is 0 Å². The summed E-state index contributed by atoms with van der Waals surface area (Å²) < 4.78 is 5.25. The lowest BCUT2D eigenvalue weighted by molar-refractivity contribution is 0.181. The fourth-order valence-electron chi connectivity index (χ4n) is 1.67. The van der Waals surface area contributed by atoms with Gasteiger partial charge in [0.15, 0.2) is 0 Å². The summed E-state index contributed by atoms with van der Waals surface area (Å²) in [7, 11) is 0. The van der Waals surface area contributed by atoms with E-state index in [1.807, 2.05) is 0 Å². The van der Waals surface area contributed by atoms with Gasteiger partial charge in [0.2, 0.25) is 0 Å². The summed E-state index contributed by atoms with van der Waals surface area (Å²) in [5, 5.41) is 0. The second-order valence-electron chi connectivity index (χ2n) is 3.19. The zero-order chi connectivity index (χ0) is 6.27. The maximum atomic E-state index is 5.69. The van der Waals surface area contributed by atoms with Crippen molar-refractivity contribution in [3.05, 3.63) is 0 Å². The first-order valence-corrected chi connectivity index (χ1v) is 3.71. The SMILES string of the molecule is N[C@H]1C[C@H]1[C@H]1CCOC1. The molecule has 0 amide bonds. The van der Waals surface area contributed by atoms with Crippen molar-refractivity contribution in [3.63, 3.8) is 0 Å². The van der Waals surface area contributed by atoms with Crippen LogP contribution in [0.25, 0.3) is 0 Å². The zero-order valence-corrected chi connectivity index (χ0v) is 5.55. The van der Waals surface area contributed by atoms with Crippen LogP contribution in [0.3, 0.4) is 0 Å². The van der Waals surface area contributed by atoms with Crippen molar-refractivity contribution < 1.29 is 4.74 Å². The Morgan fingerprint density at radius 3 is 2.67 bits per heavy atom. The van der Waals surface area contributed by atoms with Crippen LogP contribution in [-0.4, -0.2) is 19.3 Å². The van der Waals surface area contributed by atoms with Crippen molar-refractivity contribution >= 4 is 0 Å². The molecule has 1 saturated carbocycles. The predicted octanol–water partition coefficient (Wildman–Crippen LogP) is 0.370. The molecule has 0 aromatic heterocycles. The second-order valence-corrected chi connectivity index (χ2v) is 3.19. The standard InChI is InChI=1S/C7H13NO/c8-7-3-6(7)5-1-2-9-4-5/h5-7H,1-4,8H2/t5-,6-,7-/m0/s1. The Bertz CT molecular complexity index is 109. The van der Waals surface area contributed by atoms with Gasteiger partial charge in [-0.3, -0.25) is 0 Å². The monoisotopic (exact) mass is 127 g/mol. The summed E-state index contributed by atoms with van der Waals surface area (Å²) >= 11 is 0. The van der Waals surface area contributed by atoms with E-state index in [1.54, 1.807) is 0 Å². The van der Waals surface area contributed by atoms with Gasteiger partial charge in [0.25, 0.3) is 0 Å². The van der Waals surface area contributed by atoms with E-state index in [-0.39, 0.29) is 0 Å². The summed E-state index contributed by atoms with van der Waals surface area (Å²) in [5.41, 5.74) is 5.69. The normalized spacial score (nSPS) is 49.7. The fourth-order valence-corrected chi connectivity index (χ4v) is 1.67. The van der Waals surface area contributed by atoms with Gasteiger partial charge in [-0.05, 0) is 24.7 Å². The molecule has 2 N–H and O–H groups in total. The van der Waals surface area contributed by atoms with Gasteiger partial charge in [0.05, 0.1) is 0 Å². The molecule has 2 fully saturated rings. The molecule has 1 heterocycles. The van der Waals surface area contributed by atoms with Crippen LogP contribution in [0.5, 0.6) is 0 Å². The van der Waals surface area contributed by atoms with E-state index in [0.717, 1.165) is 25.0 Å². The van der Waals surface area contributed by atoms with Crippen LogP contribution >= 0.6 is 0 Å². The Morgan fingerprint density at radius 1 is 1.44 bits per heavy atom. The van der Waals surface area contributed by atoms with Gasteiger partial charge in [-0.15, -0.1) is 0 Å². The summed E-state index contributed by atoms with van der Waals surface area (Å²) in [6, 6.07) is 0.511. The first-order valence-electron chi connectivity index (χ1n) is 3.71. The maximum Gasteiger partial charge on any atom is 0.0498 e. The maximum absolute atomic E-state index is 5.69. The Hall–Kier alpha value is -0.0800. The first-order chi connectivity index (χ1) is 4.38. The van der Waals surface area contributed by atoms with Gasteiger partial charge in [0.1, 0.15) is 0 Å². The average molecular weight is 127 g/mol. The molecule has 52 valence electrons. The smallest absolute Gasteiger partial charge is 0.0498 e. The van der Waals surface area contributed by atoms with Crippen molar-refractivity contribution in [2.24, 2.45) is 17.6 Å². The molecule has 1 aliphatic heterocycles. The third kappa shape index (κ3) is 0.970. The highest BCUT2D eigenvalue weighted by Crippen LogP contribution is 2.39. The van der Waals surface area contributed by atoms with Crippen molar-refractivity contribution in [2.75, 3.05) is 13.2 Å². The quantitative estimate of drug-likeness (QED) is 0.552. The first kappa shape index (κ1) is 5.69. The van der Waals surface area contributed by atoms with Crippen LogP contribution in [-0.2, 0) is 4.74 Å². The Labute approximate surface area is 55.4 Å². The highest BCUT2D eigenvalue weighted by molar-refractivity contribution is 4.95. The van der Waals surface area contributed by atoms with Crippen molar-refractivity contribution in [3.8, 4) is 0 Å². The van der Waals surface area contributed by atoms with Crippen molar-refractivity contribution in [1.29, 1.82) is 0 Å². The van der Waals surface area contributed by atoms with E-state index in [0.29, 0.717) is 6.04 Å². The molecule has 0 spiro atoms. The Kier molecular flexibility index (Phi) is 1.24. The highest BCUT2D eigenvalue weighted by Gasteiger charge is 2.41. The van der Waals surface area contributed by atoms with E-state index in [1.165, 1.54) is 12.8 Å².